The minimum Gasteiger partial charge on any atom is -0.497 e. The molecule has 2 aliphatic carbocycles. The van der Waals surface area contributed by atoms with E-state index in [2.05, 4.69) is 12.1 Å². The van der Waals surface area contributed by atoms with Gasteiger partial charge in [0.25, 0.3) is 0 Å². The lowest BCUT2D eigenvalue weighted by Crippen LogP contribution is -2.52. The average Bonchev–Trinajstić information content (AvgIpc) is 3.09. The fourth-order valence-electron chi connectivity index (χ4n) is 6.93. The molecule has 0 radical (unpaired) electrons. The van der Waals surface area contributed by atoms with E-state index in [0.717, 1.165) is 42.7 Å². The molecule has 2 bridgehead atoms. The molecular weight excluding hydrogens is 344 g/mol. The maximum Gasteiger partial charge on any atom is 0.414 e. The number of fused-ring (bicyclic) bond motifs is 1. The number of nitrogens with zero attached hydrogens (tertiary/aromatic N) is 2. The second kappa shape index (κ2) is 4.49. The van der Waals surface area contributed by atoms with E-state index in [1.54, 1.807) is 7.11 Å². The molecule has 27 heavy (non-hydrogen) atoms. The maximum absolute atomic E-state index is 12.8. The van der Waals surface area contributed by atoms with E-state index >= 15 is 0 Å². The first-order valence-electron chi connectivity index (χ1n) is 9.62. The lowest BCUT2D eigenvalue weighted by atomic mass is 9.77. The normalized spacial score (nSPS) is 39.5. The Morgan fingerprint density at radius 1 is 1.22 bits per heavy atom. The van der Waals surface area contributed by atoms with Crippen LogP contribution in [-0.4, -0.2) is 42.2 Å². The Kier molecular flexibility index (Phi) is 2.58. The molecule has 6 rings (SSSR count). The predicted octanol–water partition coefficient (Wildman–Crippen LogP) is 2.96. The number of hydrogen-bond acceptors (Lipinski definition) is 4. The van der Waals surface area contributed by atoms with Crippen molar-refractivity contribution in [2.24, 2.45) is 5.92 Å². The second-order valence-corrected chi connectivity index (χ2v) is 8.54. The van der Waals surface area contributed by atoms with Crippen LogP contribution in [0.5, 0.6) is 5.75 Å². The molecule has 6 heteroatoms. The van der Waals surface area contributed by atoms with Crippen molar-refractivity contribution in [3.8, 4) is 5.75 Å². The molecule has 5 aliphatic rings. The van der Waals surface area contributed by atoms with Gasteiger partial charge in [-0.05, 0) is 49.4 Å². The minimum absolute atomic E-state index is 0.0713. The van der Waals surface area contributed by atoms with Gasteiger partial charge in [0, 0.05) is 29.5 Å². The highest BCUT2D eigenvalue weighted by molar-refractivity contribution is 5.98. The minimum atomic E-state index is -0.296. The van der Waals surface area contributed by atoms with E-state index in [-0.39, 0.29) is 28.5 Å². The molecule has 3 spiro atoms. The van der Waals surface area contributed by atoms with Crippen LogP contribution in [0.15, 0.2) is 30.5 Å². The van der Waals surface area contributed by atoms with Crippen molar-refractivity contribution < 1.29 is 19.1 Å². The standard InChI is InChI=1S/C21H22N2O4/c1-26-13-3-4-15-14(11-13)20-9-10-22-17(24)5-6-19(22)7-8-21(20,16(20)12-19)23(15)18(25)27-2/h3-4,9-11,16H,5-8,12H2,1-2H3/t16?,19-,20+,21-/m1/s1. The molecule has 1 saturated heterocycles. The fourth-order valence-corrected chi connectivity index (χ4v) is 6.93. The van der Waals surface area contributed by atoms with Crippen LogP contribution < -0.4 is 9.64 Å². The van der Waals surface area contributed by atoms with Crippen LogP contribution in [0.3, 0.4) is 0 Å². The van der Waals surface area contributed by atoms with Crippen LogP contribution in [0.25, 0.3) is 0 Å². The van der Waals surface area contributed by atoms with Crippen LogP contribution >= 0.6 is 0 Å². The van der Waals surface area contributed by atoms with Crippen LogP contribution in [0, 0.1) is 5.92 Å². The highest BCUT2D eigenvalue weighted by Crippen LogP contribution is 2.80. The van der Waals surface area contributed by atoms with E-state index in [1.165, 1.54) is 7.11 Å². The van der Waals surface area contributed by atoms with E-state index in [4.69, 9.17) is 9.47 Å². The van der Waals surface area contributed by atoms with Crippen molar-refractivity contribution in [3.05, 3.63) is 36.0 Å². The molecule has 3 heterocycles. The summed E-state index contributed by atoms with van der Waals surface area (Å²) in [6.07, 6.45) is 8.22. The molecule has 3 fully saturated rings. The Morgan fingerprint density at radius 2 is 2.07 bits per heavy atom. The smallest absolute Gasteiger partial charge is 0.414 e. The molecule has 1 unspecified atom stereocenters. The van der Waals surface area contributed by atoms with Crippen LogP contribution in [0.4, 0.5) is 10.5 Å². The summed E-state index contributed by atoms with van der Waals surface area (Å²) in [5.41, 5.74) is 1.44. The molecular formula is C21H22N2O4. The first-order valence-corrected chi connectivity index (χ1v) is 9.62. The molecule has 0 N–H and O–H groups in total. The summed E-state index contributed by atoms with van der Waals surface area (Å²) in [7, 11) is 3.11. The van der Waals surface area contributed by atoms with Gasteiger partial charge in [0.05, 0.1) is 25.4 Å². The van der Waals surface area contributed by atoms with Gasteiger partial charge in [0.1, 0.15) is 5.75 Å². The third-order valence-corrected chi connectivity index (χ3v) is 8.03. The zero-order valence-corrected chi connectivity index (χ0v) is 15.5. The summed E-state index contributed by atoms with van der Waals surface area (Å²) in [4.78, 5) is 29.2. The van der Waals surface area contributed by atoms with Gasteiger partial charge in [-0.1, -0.05) is 6.08 Å². The van der Waals surface area contributed by atoms with E-state index in [0.29, 0.717) is 12.3 Å². The van der Waals surface area contributed by atoms with Gasteiger partial charge >= 0.3 is 6.09 Å². The highest BCUT2D eigenvalue weighted by Gasteiger charge is 2.86. The number of carbonyl (C=O) groups excluding carboxylic acids is 2. The third-order valence-electron chi connectivity index (χ3n) is 8.03. The molecule has 4 atom stereocenters. The lowest BCUT2D eigenvalue weighted by Gasteiger charge is -2.44. The first kappa shape index (κ1) is 15.5. The summed E-state index contributed by atoms with van der Waals surface area (Å²) >= 11 is 0. The SMILES string of the molecule is COC(=O)N1c2ccc(OC)cc2[C@]23C=CN4C(=O)CC[C@]45CC[C@]12C3C5. The molecule has 2 amide bonds. The van der Waals surface area contributed by atoms with E-state index in [1.807, 2.05) is 28.1 Å². The number of ether oxygens (including phenoxy) is 2. The summed E-state index contributed by atoms with van der Waals surface area (Å²) in [5, 5.41) is 0. The Balaban J connectivity index is 1.60. The van der Waals surface area contributed by atoms with Crippen molar-refractivity contribution in [3.63, 3.8) is 0 Å². The number of anilines is 1. The predicted molar refractivity (Wildman–Crippen MR) is 97.6 cm³/mol. The maximum atomic E-state index is 12.8. The fraction of sp³-hybridized carbons (Fsp3) is 0.524. The van der Waals surface area contributed by atoms with Gasteiger partial charge in [-0.2, -0.15) is 0 Å². The molecule has 2 saturated carbocycles. The molecule has 6 nitrogen and oxygen atoms in total. The topological polar surface area (TPSA) is 59.1 Å². The molecule has 0 aromatic heterocycles. The van der Waals surface area contributed by atoms with Crippen molar-refractivity contribution in [1.82, 2.24) is 4.90 Å². The van der Waals surface area contributed by atoms with Gasteiger partial charge < -0.3 is 14.4 Å². The summed E-state index contributed by atoms with van der Waals surface area (Å²) < 4.78 is 10.7. The Morgan fingerprint density at radius 3 is 2.85 bits per heavy atom. The van der Waals surface area contributed by atoms with Crippen molar-refractivity contribution in [1.29, 1.82) is 0 Å². The summed E-state index contributed by atoms with van der Waals surface area (Å²) in [6.45, 7) is 0. The molecule has 1 aromatic carbocycles. The van der Waals surface area contributed by atoms with Gasteiger partial charge in [-0.3, -0.25) is 9.69 Å². The van der Waals surface area contributed by atoms with Gasteiger partial charge in [-0.15, -0.1) is 0 Å². The summed E-state index contributed by atoms with van der Waals surface area (Å²) in [5.74, 6) is 1.33. The number of carbonyl (C=O) groups is 2. The van der Waals surface area contributed by atoms with E-state index in [9.17, 15) is 9.59 Å². The second-order valence-electron chi connectivity index (χ2n) is 8.54. The largest absolute Gasteiger partial charge is 0.497 e. The molecule has 140 valence electrons. The Bertz CT molecular complexity index is 942. The van der Waals surface area contributed by atoms with Crippen molar-refractivity contribution in [2.75, 3.05) is 19.1 Å². The number of benzene rings is 1. The van der Waals surface area contributed by atoms with Crippen LogP contribution in [-0.2, 0) is 14.9 Å². The van der Waals surface area contributed by atoms with Crippen molar-refractivity contribution >= 4 is 17.7 Å². The number of methoxy groups -OCH3 is 2. The first-order chi connectivity index (χ1) is 13.0. The summed E-state index contributed by atoms with van der Waals surface area (Å²) in [6, 6.07) is 5.93. The van der Waals surface area contributed by atoms with E-state index < -0.39 is 0 Å². The van der Waals surface area contributed by atoms with Crippen LogP contribution in [0.2, 0.25) is 0 Å². The Hall–Kier alpha value is -2.50. The number of amides is 2. The zero-order valence-electron chi connectivity index (χ0n) is 15.5. The number of hydrogen-bond donors (Lipinski definition) is 0. The molecule has 3 aliphatic heterocycles. The lowest BCUT2D eigenvalue weighted by molar-refractivity contribution is -0.128. The quantitative estimate of drug-likeness (QED) is 0.767. The van der Waals surface area contributed by atoms with Gasteiger partial charge in [0.2, 0.25) is 5.91 Å². The van der Waals surface area contributed by atoms with Crippen molar-refractivity contribution in [2.45, 2.75) is 48.6 Å². The van der Waals surface area contributed by atoms with Gasteiger partial charge in [-0.25, -0.2) is 4.79 Å². The molecule has 1 aromatic rings. The van der Waals surface area contributed by atoms with Gasteiger partial charge in [0.15, 0.2) is 0 Å². The average molecular weight is 366 g/mol. The Labute approximate surface area is 157 Å². The number of rotatable bonds is 1. The zero-order chi connectivity index (χ0) is 18.6. The van der Waals surface area contributed by atoms with Crippen LogP contribution in [0.1, 0.15) is 37.7 Å². The monoisotopic (exact) mass is 366 g/mol. The third kappa shape index (κ3) is 1.42. The highest BCUT2D eigenvalue weighted by atomic mass is 16.5.